The molecule has 0 bridgehead atoms. The van der Waals surface area contributed by atoms with Crippen LogP contribution in [-0.4, -0.2) is 19.7 Å². The first-order chi connectivity index (χ1) is 9.63. The fourth-order valence-corrected chi connectivity index (χ4v) is 2.22. The van der Waals surface area contributed by atoms with Crippen LogP contribution in [0.4, 0.5) is 5.82 Å². The van der Waals surface area contributed by atoms with Gasteiger partial charge < -0.3 is 5.73 Å². The van der Waals surface area contributed by atoms with Crippen molar-refractivity contribution in [3.8, 4) is 16.9 Å². The van der Waals surface area contributed by atoms with E-state index in [1.807, 2.05) is 42.8 Å². The van der Waals surface area contributed by atoms with Crippen LogP contribution in [0.25, 0.3) is 16.9 Å². The molecule has 0 atom stereocenters. The highest BCUT2D eigenvalue weighted by molar-refractivity contribution is 5.64. The third kappa shape index (κ3) is 2.25. The number of benzene rings is 1. The number of aryl methyl sites for hydroxylation is 2. The van der Waals surface area contributed by atoms with Crippen molar-refractivity contribution in [3.63, 3.8) is 0 Å². The van der Waals surface area contributed by atoms with Crippen LogP contribution < -0.4 is 5.73 Å². The van der Waals surface area contributed by atoms with Crippen LogP contribution in [-0.2, 0) is 0 Å². The number of aromatic nitrogens is 4. The highest BCUT2D eigenvalue weighted by atomic mass is 15.3. The number of hydrogen-bond donors (Lipinski definition) is 1. The molecule has 0 radical (unpaired) electrons. The molecule has 0 amide bonds. The Morgan fingerprint density at radius 1 is 1.05 bits per heavy atom. The van der Waals surface area contributed by atoms with Gasteiger partial charge in [-0.25, -0.2) is 14.6 Å². The summed E-state index contributed by atoms with van der Waals surface area (Å²) in [6, 6.07) is 11.9. The molecule has 0 fully saturated rings. The first-order valence-corrected chi connectivity index (χ1v) is 6.35. The monoisotopic (exact) mass is 265 g/mol. The Kier molecular flexibility index (Phi) is 2.95. The van der Waals surface area contributed by atoms with Crippen LogP contribution in [0.1, 0.15) is 11.4 Å². The van der Waals surface area contributed by atoms with E-state index >= 15 is 0 Å². The molecule has 0 unspecified atom stereocenters. The molecule has 0 spiro atoms. The van der Waals surface area contributed by atoms with E-state index in [4.69, 9.17) is 5.73 Å². The molecule has 2 aromatic heterocycles. The Morgan fingerprint density at radius 2 is 1.90 bits per heavy atom. The molecular formula is C15H15N5. The van der Waals surface area contributed by atoms with E-state index in [-0.39, 0.29) is 0 Å². The molecule has 2 heterocycles. The number of nitrogens with zero attached hydrogens (tertiary/aromatic N) is 4. The molecule has 20 heavy (non-hydrogen) atoms. The second kappa shape index (κ2) is 4.77. The zero-order valence-electron chi connectivity index (χ0n) is 11.4. The molecule has 3 rings (SSSR count). The van der Waals surface area contributed by atoms with E-state index in [1.165, 1.54) is 6.33 Å². The van der Waals surface area contributed by atoms with Gasteiger partial charge >= 0.3 is 0 Å². The standard InChI is InChI=1S/C15H15N5/c1-10-6-11(2)20(19-10)13-5-3-4-12(7-13)14-8-15(16)18-9-17-14/h3-9H,1-2H3,(H2,16,17,18). The van der Waals surface area contributed by atoms with Crippen molar-refractivity contribution in [1.29, 1.82) is 0 Å². The minimum absolute atomic E-state index is 0.464. The lowest BCUT2D eigenvalue weighted by Gasteiger charge is -2.07. The molecule has 100 valence electrons. The summed E-state index contributed by atoms with van der Waals surface area (Å²) in [6.45, 7) is 4.02. The zero-order valence-corrected chi connectivity index (χ0v) is 11.4. The summed E-state index contributed by atoms with van der Waals surface area (Å²) in [4.78, 5) is 8.16. The molecule has 3 aromatic rings. The first kappa shape index (κ1) is 12.3. The fraction of sp³-hybridized carbons (Fsp3) is 0.133. The van der Waals surface area contributed by atoms with E-state index in [9.17, 15) is 0 Å². The van der Waals surface area contributed by atoms with Gasteiger partial charge in [0.2, 0.25) is 0 Å². The molecule has 0 saturated carbocycles. The lowest BCUT2D eigenvalue weighted by Crippen LogP contribution is -1.99. The summed E-state index contributed by atoms with van der Waals surface area (Å²) in [7, 11) is 0. The predicted octanol–water partition coefficient (Wildman–Crippen LogP) is 2.53. The molecule has 0 aliphatic heterocycles. The maximum atomic E-state index is 5.70. The highest BCUT2D eigenvalue weighted by Gasteiger charge is 2.06. The van der Waals surface area contributed by atoms with Gasteiger partial charge in [0.05, 0.1) is 17.1 Å². The number of nitrogen functional groups attached to an aromatic ring is 1. The van der Waals surface area contributed by atoms with Gasteiger partial charge in [-0.2, -0.15) is 5.10 Å². The minimum atomic E-state index is 0.464. The van der Waals surface area contributed by atoms with E-state index in [2.05, 4.69) is 21.1 Å². The van der Waals surface area contributed by atoms with E-state index in [0.29, 0.717) is 5.82 Å². The molecule has 0 aliphatic carbocycles. The average Bonchev–Trinajstić information content (AvgIpc) is 2.78. The van der Waals surface area contributed by atoms with Crippen LogP contribution in [0.2, 0.25) is 0 Å². The topological polar surface area (TPSA) is 69.6 Å². The van der Waals surface area contributed by atoms with E-state index in [0.717, 1.165) is 28.3 Å². The van der Waals surface area contributed by atoms with Crippen LogP contribution in [0, 0.1) is 13.8 Å². The van der Waals surface area contributed by atoms with Crippen molar-refractivity contribution in [3.05, 3.63) is 54.1 Å². The number of nitrogens with two attached hydrogens (primary N) is 1. The summed E-state index contributed by atoms with van der Waals surface area (Å²) in [5, 5.41) is 4.49. The second-order valence-corrected chi connectivity index (χ2v) is 4.72. The Hall–Kier alpha value is -2.69. The SMILES string of the molecule is Cc1cc(C)n(-c2cccc(-c3cc(N)ncn3)c2)n1. The highest BCUT2D eigenvalue weighted by Crippen LogP contribution is 2.21. The maximum absolute atomic E-state index is 5.70. The minimum Gasteiger partial charge on any atom is -0.384 e. The average molecular weight is 265 g/mol. The van der Waals surface area contributed by atoms with Crippen molar-refractivity contribution in [2.45, 2.75) is 13.8 Å². The fourth-order valence-electron chi connectivity index (χ4n) is 2.22. The van der Waals surface area contributed by atoms with Crippen LogP contribution in [0.3, 0.4) is 0 Å². The van der Waals surface area contributed by atoms with Crippen LogP contribution >= 0.6 is 0 Å². The van der Waals surface area contributed by atoms with Crippen LogP contribution in [0.15, 0.2) is 42.7 Å². The number of rotatable bonds is 2. The molecule has 0 saturated heterocycles. The van der Waals surface area contributed by atoms with Crippen molar-refractivity contribution < 1.29 is 0 Å². The normalized spacial score (nSPS) is 10.7. The quantitative estimate of drug-likeness (QED) is 0.773. The lowest BCUT2D eigenvalue weighted by atomic mass is 10.1. The summed E-state index contributed by atoms with van der Waals surface area (Å²) in [5.41, 5.74) is 10.6. The lowest BCUT2D eigenvalue weighted by molar-refractivity contribution is 0.834. The molecule has 5 heteroatoms. The molecular weight excluding hydrogens is 250 g/mol. The predicted molar refractivity (Wildman–Crippen MR) is 78.5 cm³/mol. The zero-order chi connectivity index (χ0) is 14.1. The van der Waals surface area contributed by atoms with Crippen molar-refractivity contribution in [2.75, 3.05) is 5.73 Å². The number of anilines is 1. The Balaban J connectivity index is 2.08. The smallest absolute Gasteiger partial charge is 0.127 e. The van der Waals surface area contributed by atoms with Crippen molar-refractivity contribution >= 4 is 5.82 Å². The van der Waals surface area contributed by atoms with Gasteiger partial charge in [-0.05, 0) is 32.0 Å². The van der Waals surface area contributed by atoms with Crippen LogP contribution in [0.5, 0.6) is 0 Å². The largest absolute Gasteiger partial charge is 0.384 e. The molecule has 0 aliphatic rings. The van der Waals surface area contributed by atoms with Crippen molar-refractivity contribution in [2.24, 2.45) is 0 Å². The van der Waals surface area contributed by atoms with Gasteiger partial charge in [0.25, 0.3) is 0 Å². The van der Waals surface area contributed by atoms with Gasteiger partial charge in [0.1, 0.15) is 12.1 Å². The van der Waals surface area contributed by atoms with Gasteiger partial charge in [-0.15, -0.1) is 0 Å². The molecule has 1 aromatic carbocycles. The van der Waals surface area contributed by atoms with Gasteiger partial charge in [-0.3, -0.25) is 0 Å². The van der Waals surface area contributed by atoms with Gasteiger partial charge in [0.15, 0.2) is 0 Å². The summed E-state index contributed by atoms with van der Waals surface area (Å²) < 4.78 is 1.92. The third-order valence-corrected chi connectivity index (χ3v) is 3.08. The third-order valence-electron chi connectivity index (χ3n) is 3.08. The van der Waals surface area contributed by atoms with Crippen molar-refractivity contribution in [1.82, 2.24) is 19.7 Å². The number of hydrogen-bond acceptors (Lipinski definition) is 4. The molecule has 2 N–H and O–H groups in total. The summed E-state index contributed by atoms with van der Waals surface area (Å²) >= 11 is 0. The van der Waals surface area contributed by atoms with Gasteiger partial charge in [0, 0.05) is 17.3 Å². The summed E-state index contributed by atoms with van der Waals surface area (Å²) in [5.74, 6) is 0.464. The van der Waals surface area contributed by atoms with Gasteiger partial charge in [-0.1, -0.05) is 12.1 Å². The Bertz CT molecular complexity index is 760. The van der Waals surface area contributed by atoms with E-state index < -0.39 is 0 Å². The summed E-state index contributed by atoms with van der Waals surface area (Å²) in [6.07, 6.45) is 1.47. The second-order valence-electron chi connectivity index (χ2n) is 4.72. The Labute approximate surface area is 117 Å². The van der Waals surface area contributed by atoms with E-state index in [1.54, 1.807) is 6.07 Å². The maximum Gasteiger partial charge on any atom is 0.127 e. The first-order valence-electron chi connectivity index (χ1n) is 6.35. The Morgan fingerprint density at radius 3 is 2.60 bits per heavy atom. The molecule has 5 nitrogen and oxygen atoms in total.